The third-order valence-corrected chi connectivity index (χ3v) is 5.41. The van der Waals surface area contributed by atoms with Crippen LogP contribution >= 0.6 is 11.3 Å². The molecule has 4 aromatic rings. The summed E-state index contributed by atoms with van der Waals surface area (Å²) in [5, 5.41) is 10.6. The van der Waals surface area contributed by atoms with E-state index < -0.39 is 11.5 Å². The Kier molecular flexibility index (Phi) is 5.59. The maximum absolute atomic E-state index is 12.9. The Morgan fingerprint density at radius 2 is 1.65 bits per heavy atom. The standard InChI is InChI=1S/C22H19N5O3S/c1-13(28)23-16-8-10-17(11-9-16)25-18(29)12-27-22(30)20-21(31-14(2)24-20)19(26-27)15-6-4-3-5-7-15/h3-11H,12H2,1-2H3,(H,23,28)(H,25,29). The molecule has 0 atom stereocenters. The van der Waals surface area contributed by atoms with E-state index in [2.05, 4.69) is 20.7 Å². The number of amides is 2. The van der Waals surface area contributed by atoms with Gasteiger partial charge in [0.15, 0.2) is 5.52 Å². The zero-order valence-corrected chi connectivity index (χ0v) is 17.7. The summed E-state index contributed by atoms with van der Waals surface area (Å²) >= 11 is 1.41. The highest BCUT2D eigenvalue weighted by Gasteiger charge is 2.17. The summed E-state index contributed by atoms with van der Waals surface area (Å²) in [5.74, 6) is -0.573. The zero-order valence-electron chi connectivity index (χ0n) is 16.9. The van der Waals surface area contributed by atoms with Crippen LogP contribution in [0.4, 0.5) is 11.4 Å². The second-order valence-corrected chi connectivity index (χ2v) is 8.10. The number of aryl methyl sites for hydroxylation is 1. The van der Waals surface area contributed by atoms with E-state index in [-0.39, 0.29) is 12.5 Å². The number of anilines is 2. The lowest BCUT2D eigenvalue weighted by Crippen LogP contribution is -2.30. The summed E-state index contributed by atoms with van der Waals surface area (Å²) in [6, 6.07) is 16.2. The van der Waals surface area contributed by atoms with Gasteiger partial charge in [-0.15, -0.1) is 11.3 Å². The Morgan fingerprint density at radius 3 is 2.29 bits per heavy atom. The van der Waals surface area contributed by atoms with Gasteiger partial charge in [-0.2, -0.15) is 5.10 Å². The van der Waals surface area contributed by atoms with E-state index >= 15 is 0 Å². The van der Waals surface area contributed by atoms with E-state index in [0.29, 0.717) is 27.3 Å². The molecule has 2 heterocycles. The van der Waals surface area contributed by atoms with Crippen molar-refractivity contribution in [3.05, 3.63) is 70.0 Å². The predicted molar refractivity (Wildman–Crippen MR) is 121 cm³/mol. The molecule has 2 aromatic carbocycles. The molecule has 2 aromatic heterocycles. The Labute approximate surface area is 181 Å². The van der Waals surface area contributed by atoms with Crippen LogP contribution in [-0.4, -0.2) is 26.6 Å². The van der Waals surface area contributed by atoms with E-state index in [1.165, 1.54) is 18.3 Å². The molecule has 0 saturated carbocycles. The van der Waals surface area contributed by atoms with Crippen LogP contribution in [0.3, 0.4) is 0 Å². The molecule has 31 heavy (non-hydrogen) atoms. The molecule has 8 nitrogen and oxygen atoms in total. The number of hydrogen-bond donors (Lipinski definition) is 2. The summed E-state index contributed by atoms with van der Waals surface area (Å²) < 4.78 is 1.85. The van der Waals surface area contributed by atoms with Crippen molar-refractivity contribution in [3.8, 4) is 11.3 Å². The average Bonchev–Trinajstić information content (AvgIpc) is 3.14. The first-order valence-corrected chi connectivity index (χ1v) is 10.3. The molecule has 0 unspecified atom stereocenters. The summed E-state index contributed by atoms with van der Waals surface area (Å²) in [5.41, 5.74) is 2.53. The van der Waals surface area contributed by atoms with E-state index in [1.807, 2.05) is 37.3 Å². The Hall–Kier alpha value is -3.85. The average molecular weight is 433 g/mol. The van der Waals surface area contributed by atoms with Gasteiger partial charge >= 0.3 is 0 Å². The van der Waals surface area contributed by atoms with Crippen molar-refractivity contribution in [3.63, 3.8) is 0 Å². The quantitative estimate of drug-likeness (QED) is 0.502. The minimum atomic E-state index is -0.407. The molecule has 0 saturated heterocycles. The molecule has 9 heteroatoms. The topological polar surface area (TPSA) is 106 Å². The van der Waals surface area contributed by atoms with Crippen LogP contribution < -0.4 is 16.2 Å². The van der Waals surface area contributed by atoms with Crippen LogP contribution in [0.25, 0.3) is 21.5 Å². The molecule has 0 aliphatic carbocycles. The fourth-order valence-electron chi connectivity index (χ4n) is 3.14. The summed E-state index contributed by atoms with van der Waals surface area (Å²) in [7, 11) is 0. The molecule has 0 radical (unpaired) electrons. The third kappa shape index (κ3) is 4.51. The largest absolute Gasteiger partial charge is 0.326 e. The molecule has 0 spiro atoms. The number of nitrogens with zero attached hydrogens (tertiary/aromatic N) is 3. The summed E-state index contributed by atoms with van der Waals surface area (Å²) in [6.45, 7) is 3.00. The molecular formula is C22H19N5O3S. The van der Waals surface area contributed by atoms with Gasteiger partial charge in [0.1, 0.15) is 12.2 Å². The second kappa shape index (κ2) is 8.49. The van der Waals surface area contributed by atoms with Gasteiger partial charge in [0.25, 0.3) is 5.56 Å². The summed E-state index contributed by atoms with van der Waals surface area (Å²) in [6.07, 6.45) is 0. The number of carbonyl (C=O) groups excluding carboxylic acids is 2. The van der Waals surface area contributed by atoms with Crippen molar-refractivity contribution in [2.24, 2.45) is 0 Å². The predicted octanol–water partition coefficient (Wildman–Crippen LogP) is 3.43. The highest BCUT2D eigenvalue weighted by Crippen LogP contribution is 2.29. The normalized spacial score (nSPS) is 10.8. The molecular weight excluding hydrogens is 414 g/mol. The van der Waals surface area contributed by atoms with Crippen molar-refractivity contribution in [2.75, 3.05) is 10.6 Å². The highest BCUT2D eigenvalue weighted by atomic mass is 32.1. The number of rotatable bonds is 5. The fraction of sp³-hybridized carbons (Fsp3) is 0.136. The van der Waals surface area contributed by atoms with E-state index in [9.17, 15) is 14.4 Å². The first-order valence-electron chi connectivity index (χ1n) is 9.52. The van der Waals surface area contributed by atoms with Gasteiger partial charge in [-0.3, -0.25) is 14.4 Å². The molecule has 0 fully saturated rings. The molecule has 2 amide bonds. The third-order valence-electron chi connectivity index (χ3n) is 4.44. The lowest BCUT2D eigenvalue weighted by Gasteiger charge is -2.10. The zero-order chi connectivity index (χ0) is 22.0. The minimum absolute atomic E-state index is 0.177. The van der Waals surface area contributed by atoms with Gasteiger partial charge in [0.2, 0.25) is 11.8 Å². The Bertz CT molecular complexity index is 1330. The maximum Gasteiger partial charge on any atom is 0.294 e. The number of fused-ring (bicyclic) bond motifs is 1. The van der Waals surface area contributed by atoms with E-state index in [1.54, 1.807) is 24.3 Å². The first kappa shape index (κ1) is 20.4. The van der Waals surface area contributed by atoms with Crippen molar-refractivity contribution < 1.29 is 9.59 Å². The molecule has 0 aliphatic heterocycles. The number of benzene rings is 2. The molecule has 156 valence electrons. The van der Waals surface area contributed by atoms with Crippen LogP contribution in [0.2, 0.25) is 0 Å². The van der Waals surface area contributed by atoms with Gasteiger partial charge < -0.3 is 10.6 Å². The van der Waals surface area contributed by atoms with Crippen LogP contribution in [0.15, 0.2) is 59.4 Å². The first-order chi connectivity index (χ1) is 14.9. The van der Waals surface area contributed by atoms with Crippen LogP contribution in [0.1, 0.15) is 11.9 Å². The highest BCUT2D eigenvalue weighted by molar-refractivity contribution is 7.19. The maximum atomic E-state index is 12.9. The lowest BCUT2D eigenvalue weighted by molar-refractivity contribution is -0.117. The lowest BCUT2D eigenvalue weighted by atomic mass is 10.1. The number of thiazole rings is 1. The van der Waals surface area contributed by atoms with E-state index in [0.717, 1.165) is 15.3 Å². The second-order valence-electron chi connectivity index (χ2n) is 6.89. The van der Waals surface area contributed by atoms with Crippen LogP contribution in [0.5, 0.6) is 0 Å². The Balaban J connectivity index is 1.62. The fourth-order valence-corrected chi connectivity index (χ4v) is 4.05. The SMILES string of the molecule is CC(=O)Nc1ccc(NC(=O)Cn2nc(-c3ccccc3)c3sc(C)nc3c2=O)cc1. The van der Waals surface area contributed by atoms with Crippen molar-refractivity contribution >= 4 is 44.7 Å². The molecule has 0 bridgehead atoms. The van der Waals surface area contributed by atoms with Crippen LogP contribution in [-0.2, 0) is 16.1 Å². The number of nitrogens with one attached hydrogen (secondary N) is 2. The van der Waals surface area contributed by atoms with Crippen molar-refractivity contribution in [1.82, 2.24) is 14.8 Å². The van der Waals surface area contributed by atoms with Crippen LogP contribution in [0, 0.1) is 6.92 Å². The monoisotopic (exact) mass is 433 g/mol. The molecule has 0 aliphatic rings. The number of carbonyl (C=O) groups is 2. The van der Waals surface area contributed by atoms with Crippen molar-refractivity contribution in [2.45, 2.75) is 20.4 Å². The van der Waals surface area contributed by atoms with Gasteiger partial charge in [0.05, 0.1) is 9.71 Å². The number of hydrogen-bond acceptors (Lipinski definition) is 6. The smallest absolute Gasteiger partial charge is 0.294 e. The van der Waals surface area contributed by atoms with Gasteiger partial charge in [-0.25, -0.2) is 9.67 Å². The van der Waals surface area contributed by atoms with Crippen molar-refractivity contribution in [1.29, 1.82) is 0 Å². The molecule has 4 rings (SSSR count). The van der Waals surface area contributed by atoms with Gasteiger partial charge in [0, 0.05) is 23.9 Å². The number of aromatic nitrogens is 3. The Morgan fingerprint density at radius 1 is 1.00 bits per heavy atom. The van der Waals surface area contributed by atoms with E-state index in [4.69, 9.17) is 0 Å². The summed E-state index contributed by atoms with van der Waals surface area (Å²) in [4.78, 5) is 40.9. The molecule has 2 N–H and O–H groups in total. The van der Waals surface area contributed by atoms with Gasteiger partial charge in [-0.05, 0) is 31.2 Å². The minimum Gasteiger partial charge on any atom is -0.326 e. The van der Waals surface area contributed by atoms with Gasteiger partial charge in [-0.1, -0.05) is 30.3 Å².